The van der Waals surface area contributed by atoms with Gasteiger partial charge >= 0.3 is 0 Å². The number of hydrogen-bond donors (Lipinski definition) is 1. The number of nitrogens with zero attached hydrogens (tertiary/aromatic N) is 2. The monoisotopic (exact) mass is 191 g/mol. The summed E-state index contributed by atoms with van der Waals surface area (Å²) in [7, 11) is 0. The van der Waals surface area contributed by atoms with Gasteiger partial charge in [0.2, 0.25) is 5.88 Å². The van der Waals surface area contributed by atoms with Gasteiger partial charge in [-0.1, -0.05) is 5.92 Å². The summed E-state index contributed by atoms with van der Waals surface area (Å²) in [5, 5.41) is 2.94. The van der Waals surface area contributed by atoms with Gasteiger partial charge in [0.15, 0.2) is 0 Å². The third-order valence-corrected chi connectivity index (χ3v) is 1.37. The Labute approximate surface area is 83.7 Å². The van der Waals surface area contributed by atoms with Crippen molar-refractivity contribution in [3.8, 4) is 18.2 Å². The highest BCUT2D eigenvalue weighted by Crippen LogP contribution is 2.11. The fraction of sp³-hybridized carbons (Fsp3) is 0.400. The smallest absolute Gasteiger partial charge is 0.218 e. The molecule has 1 N–H and O–H groups in total. The molecule has 4 heteroatoms. The maximum atomic E-state index is 5.39. The molecule has 0 aromatic carbocycles. The molecular weight excluding hydrogens is 178 g/mol. The first kappa shape index (κ1) is 10.3. The quantitative estimate of drug-likeness (QED) is 0.729. The molecule has 0 fully saturated rings. The van der Waals surface area contributed by atoms with Crippen molar-refractivity contribution in [2.24, 2.45) is 0 Å². The van der Waals surface area contributed by atoms with Crippen molar-refractivity contribution in [3.63, 3.8) is 0 Å². The fourth-order valence-electron chi connectivity index (χ4n) is 0.884. The van der Waals surface area contributed by atoms with Crippen molar-refractivity contribution in [1.82, 2.24) is 9.97 Å². The number of anilines is 1. The van der Waals surface area contributed by atoms with Gasteiger partial charge in [-0.25, -0.2) is 9.97 Å². The Bertz CT molecular complexity index is 330. The van der Waals surface area contributed by atoms with Crippen molar-refractivity contribution in [1.29, 1.82) is 0 Å². The molecule has 74 valence electrons. The third-order valence-electron chi connectivity index (χ3n) is 1.37. The molecule has 0 atom stereocenters. The van der Waals surface area contributed by atoms with Crippen molar-refractivity contribution >= 4 is 5.82 Å². The van der Waals surface area contributed by atoms with E-state index in [-0.39, 0.29) is 6.10 Å². The SMILES string of the molecule is C#CCNc1cc(OC(C)C)ncn1. The molecular formula is C10H13N3O. The number of terminal acetylenes is 1. The van der Waals surface area contributed by atoms with Crippen molar-refractivity contribution < 1.29 is 4.74 Å². The molecule has 14 heavy (non-hydrogen) atoms. The van der Waals surface area contributed by atoms with Crippen LogP contribution in [0.1, 0.15) is 13.8 Å². The Morgan fingerprint density at radius 3 is 3.00 bits per heavy atom. The van der Waals surface area contributed by atoms with E-state index in [9.17, 15) is 0 Å². The minimum Gasteiger partial charge on any atom is -0.475 e. The van der Waals surface area contributed by atoms with Crippen LogP contribution < -0.4 is 10.1 Å². The molecule has 0 amide bonds. The molecule has 0 aliphatic carbocycles. The molecule has 1 aromatic rings. The summed E-state index contributed by atoms with van der Waals surface area (Å²) in [5.41, 5.74) is 0. The molecule has 1 heterocycles. The van der Waals surface area contributed by atoms with E-state index in [1.54, 1.807) is 6.07 Å². The van der Waals surface area contributed by atoms with Crippen LogP contribution in [-0.4, -0.2) is 22.6 Å². The molecule has 1 rings (SSSR count). The Morgan fingerprint density at radius 1 is 1.57 bits per heavy atom. The summed E-state index contributed by atoms with van der Waals surface area (Å²) < 4.78 is 5.39. The van der Waals surface area contributed by atoms with Gasteiger partial charge in [-0.3, -0.25) is 0 Å². The molecule has 0 radical (unpaired) electrons. The Hall–Kier alpha value is -1.76. The van der Waals surface area contributed by atoms with Crippen LogP contribution in [0, 0.1) is 12.3 Å². The number of nitrogens with one attached hydrogen (secondary N) is 1. The number of aromatic nitrogens is 2. The maximum Gasteiger partial charge on any atom is 0.218 e. The van der Waals surface area contributed by atoms with Crippen LogP contribution in [0.25, 0.3) is 0 Å². The van der Waals surface area contributed by atoms with Gasteiger partial charge < -0.3 is 10.1 Å². The topological polar surface area (TPSA) is 47.0 Å². The maximum absolute atomic E-state index is 5.39. The molecule has 0 unspecified atom stereocenters. The predicted molar refractivity (Wildman–Crippen MR) is 55.1 cm³/mol. The first-order chi connectivity index (χ1) is 6.72. The van der Waals surface area contributed by atoms with E-state index < -0.39 is 0 Å². The second kappa shape index (κ2) is 5.07. The van der Waals surface area contributed by atoms with Gasteiger partial charge in [0, 0.05) is 6.07 Å². The highest BCUT2D eigenvalue weighted by molar-refractivity contribution is 5.38. The summed E-state index contributed by atoms with van der Waals surface area (Å²) in [6, 6.07) is 1.72. The van der Waals surface area contributed by atoms with E-state index >= 15 is 0 Å². The molecule has 0 spiro atoms. The van der Waals surface area contributed by atoms with Gasteiger partial charge in [-0.2, -0.15) is 0 Å². The minimum absolute atomic E-state index is 0.102. The zero-order chi connectivity index (χ0) is 10.4. The van der Waals surface area contributed by atoms with E-state index in [0.717, 1.165) is 0 Å². The third kappa shape index (κ3) is 3.31. The molecule has 0 aliphatic rings. The standard InChI is InChI=1S/C10H13N3O/c1-4-5-11-9-6-10(13-7-12-9)14-8(2)3/h1,6-8H,5H2,2-3H3,(H,11,12,13). The first-order valence-corrected chi connectivity index (χ1v) is 4.38. The van der Waals surface area contributed by atoms with Crippen molar-refractivity contribution in [2.45, 2.75) is 20.0 Å². The fourth-order valence-corrected chi connectivity index (χ4v) is 0.884. The number of rotatable bonds is 4. The predicted octanol–water partition coefficient (Wildman–Crippen LogP) is 1.31. The van der Waals surface area contributed by atoms with Gasteiger partial charge in [0.1, 0.15) is 12.1 Å². The molecule has 0 saturated carbocycles. The summed E-state index contributed by atoms with van der Waals surface area (Å²) in [6.07, 6.45) is 6.65. The summed E-state index contributed by atoms with van der Waals surface area (Å²) in [5.74, 6) is 3.69. The van der Waals surface area contributed by atoms with Gasteiger partial charge in [-0.05, 0) is 13.8 Å². The lowest BCUT2D eigenvalue weighted by Gasteiger charge is -2.09. The Balaban J connectivity index is 2.65. The van der Waals surface area contributed by atoms with Crippen LogP contribution in [0.15, 0.2) is 12.4 Å². The van der Waals surface area contributed by atoms with Crippen molar-refractivity contribution in [3.05, 3.63) is 12.4 Å². The Kier molecular flexibility index (Phi) is 3.74. The van der Waals surface area contributed by atoms with Gasteiger partial charge in [-0.15, -0.1) is 6.42 Å². The highest BCUT2D eigenvalue weighted by Gasteiger charge is 2.00. The molecule has 1 aromatic heterocycles. The van der Waals surface area contributed by atoms with E-state index in [4.69, 9.17) is 11.2 Å². The van der Waals surface area contributed by atoms with E-state index in [2.05, 4.69) is 21.2 Å². The minimum atomic E-state index is 0.102. The molecule has 4 nitrogen and oxygen atoms in total. The first-order valence-electron chi connectivity index (χ1n) is 4.38. The van der Waals surface area contributed by atoms with Gasteiger partial charge in [0.25, 0.3) is 0 Å². The lowest BCUT2D eigenvalue weighted by Crippen LogP contribution is -2.08. The number of hydrogen-bond acceptors (Lipinski definition) is 4. The van der Waals surface area contributed by atoms with Crippen LogP contribution in [0.5, 0.6) is 5.88 Å². The summed E-state index contributed by atoms with van der Waals surface area (Å²) in [4.78, 5) is 7.95. The van der Waals surface area contributed by atoms with Crippen LogP contribution in [-0.2, 0) is 0 Å². The van der Waals surface area contributed by atoms with Crippen LogP contribution >= 0.6 is 0 Å². The van der Waals surface area contributed by atoms with Crippen molar-refractivity contribution in [2.75, 3.05) is 11.9 Å². The average Bonchev–Trinajstić information content (AvgIpc) is 2.14. The summed E-state index contributed by atoms with van der Waals surface area (Å²) >= 11 is 0. The molecule has 0 saturated heterocycles. The Morgan fingerprint density at radius 2 is 2.36 bits per heavy atom. The number of ether oxygens (including phenoxy) is 1. The van der Waals surface area contributed by atoms with Crippen LogP contribution in [0.4, 0.5) is 5.82 Å². The summed E-state index contributed by atoms with van der Waals surface area (Å²) in [6.45, 7) is 4.32. The normalized spacial score (nSPS) is 9.57. The molecule has 0 bridgehead atoms. The lowest BCUT2D eigenvalue weighted by molar-refractivity contribution is 0.232. The van der Waals surface area contributed by atoms with Crippen LogP contribution in [0.3, 0.4) is 0 Å². The van der Waals surface area contributed by atoms with E-state index in [0.29, 0.717) is 18.2 Å². The van der Waals surface area contributed by atoms with Gasteiger partial charge in [0.05, 0.1) is 12.6 Å². The lowest BCUT2D eigenvalue weighted by atomic mass is 10.4. The van der Waals surface area contributed by atoms with E-state index in [1.165, 1.54) is 6.33 Å². The second-order valence-corrected chi connectivity index (χ2v) is 2.97. The highest BCUT2D eigenvalue weighted by atomic mass is 16.5. The second-order valence-electron chi connectivity index (χ2n) is 2.97. The van der Waals surface area contributed by atoms with E-state index in [1.807, 2.05) is 13.8 Å². The zero-order valence-corrected chi connectivity index (χ0v) is 8.32. The average molecular weight is 191 g/mol. The van der Waals surface area contributed by atoms with Crippen LogP contribution in [0.2, 0.25) is 0 Å². The molecule has 0 aliphatic heterocycles. The largest absolute Gasteiger partial charge is 0.475 e. The zero-order valence-electron chi connectivity index (χ0n) is 8.32.